The Bertz CT molecular complexity index is 1620. The molecule has 190 valence electrons. The van der Waals surface area contributed by atoms with Crippen LogP contribution in [0.4, 0.5) is 23.1 Å². The summed E-state index contributed by atoms with van der Waals surface area (Å²) in [6.07, 6.45) is 4.67. The molecule has 7 rings (SSSR count). The quantitative estimate of drug-likeness (QED) is 0.320. The van der Waals surface area contributed by atoms with E-state index in [1.807, 2.05) is 29.6 Å². The lowest BCUT2D eigenvalue weighted by atomic mass is 10.1. The number of nitrogens with one attached hydrogen (secondary N) is 1. The zero-order chi connectivity index (χ0) is 25.5. The average molecular weight is 521 g/mol. The van der Waals surface area contributed by atoms with Gasteiger partial charge in [0.1, 0.15) is 6.04 Å². The highest BCUT2D eigenvalue weighted by atomic mass is 32.1. The van der Waals surface area contributed by atoms with E-state index < -0.39 is 0 Å². The van der Waals surface area contributed by atoms with Gasteiger partial charge in [-0.15, -0.1) is 11.3 Å². The Morgan fingerprint density at radius 1 is 0.921 bits per heavy atom. The van der Waals surface area contributed by atoms with Crippen molar-refractivity contribution in [2.75, 3.05) is 48.5 Å². The van der Waals surface area contributed by atoms with Gasteiger partial charge in [0.25, 0.3) is 0 Å². The number of hydrazone groups is 1. The van der Waals surface area contributed by atoms with Gasteiger partial charge in [0, 0.05) is 61.8 Å². The summed E-state index contributed by atoms with van der Waals surface area (Å²) in [7, 11) is 2.18. The van der Waals surface area contributed by atoms with E-state index in [1.165, 1.54) is 11.1 Å². The molecule has 0 saturated carbocycles. The Kier molecular flexibility index (Phi) is 5.87. The van der Waals surface area contributed by atoms with Crippen molar-refractivity contribution in [3.05, 3.63) is 77.9 Å². The van der Waals surface area contributed by atoms with Gasteiger partial charge >= 0.3 is 0 Å². The highest BCUT2D eigenvalue weighted by molar-refractivity contribution is 7.17. The smallest absolute Gasteiger partial charge is 0.229 e. The van der Waals surface area contributed by atoms with Crippen molar-refractivity contribution in [1.29, 1.82) is 0 Å². The third kappa shape index (κ3) is 4.33. The first-order chi connectivity index (χ1) is 18.7. The van der Waals surface area contributed by atoms with Gasteiger partial charge in [0.15, 0.2) is 5.82 Å². The van der Waals surface area contributed by atoms with Gasteiger partial charge < -0.3 is 15.1 Å². The van der Waals surface area contributed by atoms with E-state index >= 15 is 0 Å². The van der Waals surface area contributed by atoms with Crippen molar-refractivity contribution in [2.24, 2.45) is 5.10 Å². The van der Waals surface area contributed by atoms with Gasteiger partial charge in [0.05, 0.1) is 15.9 Å². The Morgan fingerprint density at radius 2 is 1.74 bits per heavy atom. The second-order valence-corrected chi connectivity index (χ2v) is 10.7. The number of pyridine rings is 1. The van der Waals surface area contributed by atoms with Crippen molar-refractivity contribution in [3.8, 4) is 0 Å². The van der Waals surface area contributed by atoms with Crippen LogP contribution in [0.1, 0.15) is 18.2 Å². The van der Waals surface area contributed by atoms with Crippen LogP contribution in [0.25, 0.3) is 21.0 Å². The average Bonchev–Trinajstić information content (AvgIpc) is 3.63. The molecule has 0 spiro atoms. The lowest BCUT2D eigenvalue weighted by Crippen LogP contribution is -2.44. The van der Waals surface area contributed by atoms with Crippen LogP contribution < -0.4 is 15.2 Å². The maximum Gasteiger partial charge on any atom is 0.229 e. The Hall–Kier alpha value is -4.08. The number of aromatic nitrogens is 3. The SMILES string of the molecule is CN1CCN(c2ccc(Nc3nc(N4N=CCC4c4cc5ccccc5cn4)c4sccc4n3)cc2)CC1. The number of hydrogen-bond acceptors (Lipinski definition) is 9. The molecule has 2 aliphatic heterocycles. The number of hydrogen-bond donors (Lipinski definition) is 1. The molecule has 0 radical (unpaired) electrons. The molecule has 1 saturated heterocycles. The van der Waals surface area contributed by atoms with Crippen molar-refractivity contribution >= 4 is 61.7 Å². The second-order valence-electron chi connectivity index (χ2n) is 9.82. The van der Waals surface area contributed by atoms with E-state index in [9.17, 15) is 0 Å². The van der Waals surface area contributed by atoms with E-state index in [0.29, 0.717) is 5.95 Å². The molecule has 0 bridgehead atoms. The molecule has 38 heavy (non-hydrogen) atoms. The maximum atomic E-state index is 4.97. The number of benzene rings is 2. The number of nitrogens with zero attached hydrogens (tertiary/aromatic N) is 7. The third-order valence-corrected chi connectivity index (χ3v) is 8.22. The number of likely N-dealkylation sites (N-methyl/N-ethyl adjacent to an activating group) is 1. The van der Waals surface area contributed by atoms with E-state index in [-0.39, 0.29) is 6.04 Å². The van der Waals surface area contributed by atoms with Crippen LogP contribution in [0.15, 0.2) is 77.3 Å². The normalized spacial score (nSPS) is 18.1. The molecule has 3 aromatic heterocycles. The molecule has 0 aliphatic carbocycles. The lowest BCUT2D eigenvalue weighted by molar-refractivity contribution is 0.313. The zero-order valence-electron chi connectivity index (χ0n) is 21.2. The molecule has 0 amide bonds. The molecule has 1 atom stereocenters. The fourth-order valence-electron chi connectivity index (χ4n) is 5.15. The summed E-state index contributed by atoms with van der Waals surface area (Å²) in [5, 5.41) is 14.5. The third-order valence-electron chi connectivity index (χ3n) is 7.32. The molecule has 2 aliphatic rings. The molecule has 8 nitrogen and oxygen atoms in total. The molecular formula is C29H28N8S. The van der Waals surface area contributed by atoms with E-state index in [2.05, 4.69) is 76.1 Å². The van der Waals surface area contributed by atoms with Crippen molar-refractivity contribution in [1.82, 2.24) is 19.9 Å². The highest BCUT2D eigenvalue weighted by Crippen LogP contribution is 2.38. The molecule has 1 unspecified atom stereocenters. The topological polar surface area (TPSA) is 72.8 Å². The monoisotopic (exact) mass is 520 g/mol. The molecule has 5 aromatic rings. The summed E-state index contributed by atoms with van der Waals surface area (Å²) in [6, 6.07) is 21.0. The fraction of sp³-hybridized carbons (Fsp3) is 0.241. The van der Waals surface area contributed by atoms with E-state index in [0.717, 1.165) is 65.4 Å². The van der Waals surface area contributed by atoms with Crippen LogP contribution in [-0.2, 0) is 0 Å². The number of fused-ring (bicyclic) bond motifs is 2. The summed E-state index contributed by atoms with van der Waals surface area (Å²) in [6.45, 7) is 4.28. The number of rotatable bonds is 5. The predicted molar refractivity (Wildman–Crippen MR) is 157 cm³/mol. The summed E-state index contributed by atoms with van der Waals surface area (Å²) >= 11 is 1.64. The van der Waals surface area contributed by atoms with Gasteiger partial charge in [-0.05, 0) is 54.2 Å². The van der Waals surface area contributed by atoms with Crippen LogP contribution in [0.5, 0.6) is 0 Å². The second kappa shape index (κ2) is 9.66. The molecular weight excluding hydrogens is 492 g/mol. The van der Waals surface area contributed by atoms with Crippen LogP contribution >= 0.6 is 11.3 Å². The summed E-state index contributed by atoms with van der Waals surface area (Å²) in [5.74, 6) is 1.36. The first-order valence-corrected chi connectivity index (χ1v) is 13.8. The first kappa shape index (κ1) is 23.1. The Labute approximate surface area is 225 Å². The van der Waals surface area contributed by atoms with E-state index in [4.69, 9.17) is 20.1 Å². The molecule has 5 heterocycles. The Balaban J connectivity index is 1.18. The number of thiophene rings is 1. The van der Waals surface area contributed by atoms with Gasteiger partial charge in [-0.25, -0.2) is 9.99 Å². The van der Waals surface area contributed by atoms with Crippen molar-refractivity contribution in [3.63, 3.8) is 0 Å². The number of piperazine rings is 1. The molecule has 9 heteroatoms. The van der Waals surface area contributed by atoms with E-state index in [1.54, 1.807) is 11.3 Å². The van der Waals surface area contributed by atoms with Crippen molar-refractivity contribution < 1.29 is 0 Å². The van der Waals surface area contributed by atoms with Crippen molar-refractivity contribution in [2.45, 2.75) is 12.5 Å². The fourth-order valence-corrected chi connectivity index (χ4v) is 5.97. The minimum Gasteiger partial charge on any atom is -0.369 e. The number of anilines is 4. The van der Waals surface area contributed by atoms with Crippen LogP contribution in [0, 0.1) is 0 Å². The lowest BCUT2D eigenvalue weighted by Gasteiger charge is -2.34. The summed E-state index contributed by atoms with van der Waals surface area (Å²) in [4.78, 5) is 19.4. The predicted octanol–water partition coefficient (Wildman–Crippen LogP) is 5.67. The molecule has 1 fully saturated rings. The summed E-state index contributed by atoms with van der Waals surface area (Å²) < 4.78 is 1.02. The first-order valence-electron chi connectivity index (χ1n) is 12.9. The highest BCUT2D eigenvalue weighted by Gasteiger charge is 2.29. The minimum atomic E-state index is -0.0180. The van der Waals surface area contributed by atoms with Crippen LogP contribution in [-0.4, -0.2) is 59.3 Å². The maximum absolute atomic E-state index is 4.97. The summed E-state index contributed by atoms with van der Waals surface area (Å²) in [5.41, 5.74) is 4.10. The van der Waals surface area contributed by atoms with Crippen LogP contribution in [0.3, 0.4) is 0 Å². The molecule has 2 aromatic carbocycles. The van der Waals surface area contributed by atoms with Gasteiger partial charge in [-0.2, -0.15) is 10.1 Å². The van der Waals surface area contributed by atoms with Gasteiger partial charge in [0.2, 0.25) is 5.95 Å². The van der Waals surface area contributed by atoms with Crippen LogP contribution in [0.2, 0.25) is 0 Å². The Morgan fingerprint density at radius 3 is 2.58 bits per heavy atom. The molecule has 1 N–H and O–H groups in total. The largest absolute Gasteiger partial charge is 0.369 e. The van der Waals surface area contributed by atoms with Gasteiger partial charge in [-0.3, -0.25) is 4.98 Å². The van der Waals surface area contributed by atoms with Gasteiger partial charge in [-0.1, -0.05) is 24.3 Å². The zero-order valence-corrected chi connectivity index (χ0v) is 22.0. The standard InChI is InChI=1S/C29H28N8S/c1-35-13-15-36(16-14-35)23-8-6-22(7-9-23)32-29-33-24-11-17-38-27(24)28(34-29)37-26(10-12-31-37)25-18-20-4-2-3-5-21(20)19-30-25/h2-9,11-12,17-19,26H,10,13-16H2,1H3,(H,32,33,34). The minimum absolute atomic E-state index is 0.0180.